The molecule has 18 heteroatoms. The van der Waals surface area contributed by atoms with Crippen LogP contribution < -0.4 is 0 Å². The maximum Gasteiger partial charge on any atom is 0.472 e. The van der Waals surface area contributed by atoms with E-state index in [-0.39, 0.29) is 19.3 Å². The molecule has 0 amide bonds. The predicted molar refractivity (Wildman–Crippen MR) is 435 cm³/mol. The Morgan fingerprint density at radius 2 is 0.514 bits per heavy atom. The minimum Gasteiger partial charge on any atom is -0.463 e. The highest BCUT2D eigenvalue weighted by atomic mass is 31.2. The molecule has 0 aromatic heterocycles. The van der Waals surface area contributed by atoms with E-state index in [2.05, 4.69) is 191 Å². The minimum atomic E-state index is -4.96. The van der Waals surface area contributed by atoms with E-state index < -0.39 is 91.5 Å². The van der Waals surface area contributed by atoms with Crippen LogP contribution in [0.25, 0.3) is 0 Å². The Balaban J connectivity index is 4.60. The van der Waals surface area contributed by atoms with Gasteiger partial charge in [0.15, 0.2) is 6.10 Å². The smallest absolute Gasteiger partial charge is 0.463 e. The van der Waals surface area contributed by atoms with Gasteiger partial charge in [-0.05, 0) is 154 Å². The number of hydrogen-bond acceptors (Lipinski definition) is 14. The maximum absolute atomic E-state index is 13.0. The Morgan fingerprint density at radius 1 is 0.276 bits per heavy atom. The summed E-state index contributed by atoms with van der Waals surface area (Å²) in [4.78, 5) is 58.7. The minimum absolute atomic E-state index is 0.0156. The summed E-state index contributed by atoms with van der Waals surface area (Å²) in [5, 5.41) is 20.6. The molecule has 0 saturated carbocycles. The molecule has 16 nitrogen and oxygen atoms in total. The van der Waals surface area contributed by atoms with Crippen LogP contribution in [0.3, 0.4) is 0 Å². The van der Waals surface area contributed by atoms with Crippen LogP contribution >= 0.6 is 15.6 Å². The average molecular weight is 1510 g/mol. The van der Waals surface area contributed by atoms with Crippen molar-refractivity contribution in [2.24, 2.45) is 0 Å². The summed E-state index contributed by atoms with van der Waals surface area (Å²) in [5.74, 6) is -1.68. The van der Waals surface area contributed by atoms with E-state index in [0.29, 0.717) is 25.7 Å². The Kier molecular flexibility index (Phi) is 74.3. The fraction of sp³-hybridized carbons (Fsp3) is 0.621. The van der Waals surface area contributed by atoms with Gasteiger partial charge in [-0.3, -0.25) is 32.5 Å². The third-order valence-corrected chi connectivity index (χ3v) is 18.0. The predicted octanol–water partition coefficient (Wildman–Crippen LogP) is 23.8. The van der Waals surface area contributed by atoms with Gasteiger partial charge < -0.3 is 34.2 Å². The SMILES string of the molecule is CC/C=C\C/C=C\C/C=C\C/C=C\C/C=C\C/C=C\CCCCCCCCCCCCCCC(=O)OCC(O)COP(=O)(O)OCC(O)COP(=O)(O)OCC(COC(=O)CCCCCCC/C=C\C/C=C\C/C=C\C/C=C\CCCCC)OC(=O)CCC/C=C\C/C=C\C/C=C\C/C=C\C/C=C\CC. The lowest BCUT2D eigenvalue weighted by atomic mass is 10.0. The first kappa shape index (κ1) is 99.7. The number of carbonyl (C=O) groups is 3. The van der Waals surface area contributed by atoms with Crippen molar-refractivity contribution >= 4 is 33.6 Å². The highest BCUT2D eigenvalue weighted by Gasteiger charge is 2.29. The Bertz CT molecular complexity index is 2640. The van der Waals surface area contributed by atoms with Gasteiger partial charge >= 0.3 is 33.6 Å². The normalized spacial score (nSPS) is 14.9. The molecule has 0 saturated heterocycles. The molecule has 0 aliphatic rings. The summed E-state index contributed by atoms with van der Waals surface area (Å²) < 4.78 is 61.1. The number of ether oxygens (including phenoxy) is 3. The summed E-state index contributed by atoms with van der Waals surface area (Å²) in [5.41, 5.74) is 0. The van der Waals surface area contributed by atoms with Crippen molar-refractivity contribution < 1.29 is 75.8 Å². The van der Waals surface area contributed by atoms with Crippen LogP contribution in [0.5, 0.6) is 0 Å². The first-order valence-electron chi connectivity index (χ1n) is 40.1. The Labute approximate surface area is 636 Å². The maximum atomic E-state index is 13.0. The summed E-state index contributed by atoms with van der Waals surface area (Å²) >= 11 is 0. The van der Waals surface area contributed by atoms with Gasteiger partial charge in [0.25, 0.3) is 0 Å². The summed E-state index contributed by atoms with van der Waals surface area (Å²) in [7, 11) is -9.83. The number of aliphatic hydroxyl groups is 2. The van der Waals surface area contributed by atoms with Crippen LogP contribution in [0, 0.1) is 0 Å². The summed E-state index contributed by atoms with van der Waals surface area (Å²) in [6, 6.07) is 0. The van der Waals surface area contributed by atoms with E-state index >= 15 is 0 Å². The van der Waals surface area contributed by atoms with E-state index in [1.165, 1.54) is 70.6 Å². The molecule has 5 unspecified atom stereocenters. The lowest BCUT2D eigenvalue weighted by Crippen LogP contribution is -2.30. The van der Waals surface area contributed by atoms with Crippen molar-refractivity contribution in [1.29, 1.82) is 0 Å². The zero-order valence-corrected chi connectivity index (χ0v) is 66.9. The fourth-order valence-electron chi connectivity index (χ4n) is 10.1. The lowest BCUT2D eigenvalue weighted by molar-refractivity contribution is -0.161. The van der Waals surface area contributed by atoms with Crippen LogP contribution in [-0.2, 0) is 55.8 Å². The molecular formula is C87H142O16P2. The van der Waals surface area contributed by atoms with Crippen molar-refractivity contribution in [1.82, 2.24) is 0 Å². The number of phosphoric acid groups is 2. The number of allylic oxidation sites excluding steroid dienone is 30. The van der Waals surface area contributed by atoms with Gasteiger partial charge in [-0.15, -0.1) is 0 Å². The summed E-state index contributed by atoms with van der Waals surface area (Å²) in [6.45, 7) is 2.32. The van der Waals surface area contributed by atoms with Crippen LogP contribution in [-0.4, -0.2) is 95.9 Å². The second kappa shape index (κ2) is 78.2. The van der Waals surface area contributed by atoms with Crippen LogP contribution in [0.15, 0.2) is 182 Å². The monoisotopic (exact) mass is 1500 g/mol. The molecule has 0 spiro atoms. The molecule has 0 aromatic rings. The average Bonchev–Trinajstić information content (AvgIpc) is 0.917. The number of esters is 3. The van der Waals surface area contributed by atoms with Gasteiger partial charge in [0.2, 0.25) is 0 Å². The topological polar surface area (TPSA) is 231 Å². The highest BCUT2D eigenvalue weighted by molar-refractivity contribution is 7.47. The van der Waals surface area contributed by atoms with E-state index in [4.69, 9.17) is 32.3 Å². The van der Waals surface area contributed by atoms with Gasteiger partial charge in [-0.2, -0.15) is 0 Å². The molecule has 4 N–H and O–H groups in total. The van der Waals surface area contributed by atoms with E-state index in [1.54, 1.807) is 0 Å². The molecule has 5 atom stereocenters. The zero-order chi connectivity index (χ0) is 76.6. The number of rotatable bonds is 74. The molecule has 0 aromatic carbocycles. The molecule has 0 radical (unpaired) electrons. The third-order valence-electron chi connectivity index (χ3n) is 16.1. The molecule has 0 bridgehead atoms. The van der Waals surface area contributed by atoms with Crippen molar-refractivity contribution in [3.8, 4) is 0 Å². The number of unbranched alkanes of at least 4 members (excludes halogenated alkanes) is 21. The number of aliphatic hydroxyl groups excluding tert-OH is 2. The number of phosphoric ester groups is 2. The molecule has 0 aliphatic carbocycles. The zero-order valence-electron chi connectivity index (χ0n) is 65.1. The molecule has 0 fully saturated rings. The molecular weight excluding hydrogens is 1360 g/mol. The van der Waals surface area contributed by atoms with Crippen molar-refractivity contribution in [2.75, 3.05) is 39.6 Å². The molecule has 0 rings (SSSR count). The first-order valence-corrected chi connectivity index (χ1v) is 43.1. The van der Waals surface area contributed by atoms with Crippen LogP contribution in [0.2, 0.25) is 0 Å². The van der Waals surface area contributed by atoms with Crippen molar-refractivity contribution in [2.45, 2.75) is 309 Å². The molecule has 0 aliphatic heterocycles. The van der Waals surface area contributed by atoms with Crippen molar-refractivity contribution in [3.63, 3.8) is 0 Å². The van der Waals surface area contributed by atoms with Gasteiger partial charge in [-0.1, -0.05) is 299 Å². The molecule has 0 heterocycles. The van der Waals surface area contributed by atoms with Crippen molar-refractivity contribution in [3.05, 3.63) is 182 Å². The van der Waals surface area contributed by atoms with Crippen LogP contribution in [0.4, 0.5) is 0 Å². The van der Waals surface area contributed by atoms with E-state index in [1.807, 2.05) is 12.2 Å². The Morgan fingerprint density at radius 3 is 0.829 bits per heavy atom. The molecule has 596 valence electrons. The van der Waals surface area contributed by atoms with Gasteiger partial charge in [0.1, 0.15) is 25.4 Å². The molecule has 105 heavy (non-hydrogen) atoms. The van der Waals surface area contributed by atoms with E-state index in [0.717, 1.165) is 154 Å². The highest BCUT2D eigenvalue weighted by Crippen LogP contribution is 2.45. The second-order valence-corrected chi connectivity index (χ2v) is 29.0. The number of hydrogen-bond donors (Lipinski definition) is 4. The largest absolute Gasteiger partial charge is 0.472 e. The second-order valence-electron chi connectivity index (χ2n) is 26.1. The Hall–Kier alpha value is -5.35. The summed E-state index contributed by atoms with van der Waals surface area (Å²) in [6.07, 6.45) is 101. The number of carbonyl (C=O) groups excluding carboxylic acids is 3. The standard InChI is InChI=1S/C87H142O16P2/c1-4-7-10-13-16-19-22-25-28-31-33-35-36-37-38-39-40-41-42-43-44-46-48-50-52-55-58-61-64-67-70-73-85(90)97-76-82(88)77-99-104(93,94)100-78-83(89)79-101-105(95,96)102-81-84(103-87(92)75-72-69-66-63-60-57-54-49-30-27-24-21-18-15-12-9-6-3)80-98-86(91)74-71-68-65-62-59-56-53-51-47-45-34-32-29-26-23-20-17-14-11-8-5-2/h7,9-10,12,16-21,25-30,33-35,37-38,40-41,45,51,53-54,57,63,66,82-84,88-89H,4-6,8,11,13-15,22-24,31-32,36,39,42-44,46-50,52,55-56,58-62,64-65,67-81H2,1-3H3,(H,93,94)(H,95,96)/b10-7-,12-9-,19-16-,20-17-,21-18-,28-25-,29-26-,30-27-,35-33-,38-37-,41-40-,45-34-,53-51-,57-54-,66-63-. The first-order chi connectivity index (χ1) is 51.2. The quantitative estimate of drug-likeness (QED) is 0.0146. The van der Waals surface area contributed by atoms with Crippen LogP contribution in [0.1, 0.15) is 290 Å². The third kappa shape index (κ3) is 79.5. The lowest BCUT2D eigenvalue weighted by Gasteiger charge is -2.21. The fourth-order valence-corrected chi connectivity index (χ4v) is 11.6. The van der Waals surface area contributed by atoms with Gasteiger partial charge in [0, 0.05) is 19.3 Å². The van der Waals surface area contributed by atoms with Gasteiger partial charge in [0.05, 0.1) is 26.4 Å². The van der Waals surface area contributed by atoms with E-state index in [9.17, 15) is 43.5 Å². The van der Waals surface area contributed by atoms with Gasteiger partial charge in [-0.25, -0.2) is 9.13 Å².